The number of hydrogen-bond donors (Lipinski definition) is 0. The molecule has 0 radical (unpaired) electrons. The minimum Gasteiger partial charge on any atom is -0.300 e. The molecule has 5 nitrogen and oxygen atoms in total. The fourth-order valence-corrected chi connectivity index (χ4v) is 3.92. The highest BCUT2D eigenvalue weighted by Crippen LogP contribution is 2.30. The molecule has 0 aliphatic rings. The highest BCUT2D eigenvalue weighted by atomic mass is 35.5. The van der Waals surface area contributed by atoms with Gasteiger partial charge in [0.1, 0.15) is 5.82 Å². The standard InChI is InChI=1S/C21H22ClFN4OS/c1-13(26(3)4)20-24-25-21(27(20)18-10-8-17(23)9-11-18)29-14(2)19(28)15-6-5-7-16(22)12-15/h5-14H,1-4H3/t13-,14+/m1/s1. The van der Waals surface area contributed by atoms with Crippen molar-refractivity contribution < 1.29 is 9.18 Å². The molecule has 0 unspecified atom stereocenters. The lowest BCUT2D eigenvalue weighted by Gasteiger charge is -2.21. The highest BCUT2D eigenvalue weighted by Gasteiger charge is 2.25. The summed E-state index contributed by atoms with van der Waals surface area (Å²) in [5.41, 5.74) is 1.29. The summed E-state index contributed by atoms with van der Waals surface area (Å²) in [4.78, 5) is 14.9. The number of rotatable bonds is 7. The zero-order valence-electron chi connectivity index (χ0n) is 16.6. The smallest absolute Gasteiger partial charge is 0.196 e. The van der Waals surface area contributed by atoms with Crippen LogP contribution in [0.3, 0.4) is 0 Å². The molecular weight excluding hydrogens is 411 g/mol. The number of benzene rings is 2. The normalized spacial score (nSPS) is 13.5. The van der Waals surface area contributed by atoms with Gasteiger partial charge in [0.2, 0.25) is 0 Å². The molecule has 0 spiro atoms. The van der Waals surface area contributed by atoms with Crippen molar-refractivity contribution >= 4 is 29.1 Å². The number of Topliss-reactive ketones (excluding diaryl/α,β-unsaturated/α-hetero) is 1. The van der Waals surface area contributed by atoms with Crippen molar-refractivity contribution in [1.82, 2.24) is 19.7 Å². The van der Waals surface area contributed by atoms with Gasteiger partial charge in [-0.15, -0.1) is 10.2 Å². The molecule has 2 atom stereocenters. The summed E-state index contributed by atoms with van der Waals surface area (Å²) < 4.78 is 15.3. The monoisotopic (exact) mass is 432 g/mol. The van der Waals surface area contributed by atoms with Gasteiger partial charge in [-0.25, -0.2) is 4.39 Å². The summed E-state index contributed by atoms with van der Waals surface area (Å²) in [5.74, 6) is 0.350. The third-order valence-electron chi connectivity index (χ3n) is 4.65. The molecule has 0 N–H and O–H groups in total. The maximum absolute atomic E-state index is 13.4. The molecule has 1 heterocycles. The van der Waals surface area contributed by atoms with Gasteiger partial charge in [0.05, 0.1) is 11.3 Å². The molecule has 0 bridgehead atoms. The van der Waals surface area contributed by atoms with Crippen molar-refractivity contribution in [2.45, 2.75) is 30.3 Å². The van der Waals surface area contributed by atoms with Gasteiger partial charge in [-0.2, -0.15) is 0 Å². The minimum atomic E-state index is -0.403. The lowest BCUT2D eigenvalue weighted by Crippen LogP contribution is -2.21. The van der Waals surface area contributed by atoms with Crippen LogP contribution in [-0.4, -0.2) is 44.8 Å². The third kappa shape index (κ3) is 4.86. The summed E-state index contributed by atoms with van der Waals surface area (Å²) in [6.07, 6.45) is 0. The molecular formula is C21H22ClFN4OS. The number of nitrogens with zero attached hydrogens (tertiary/aromatic N) is 4. The fourth-order valence-electron chi connectivity index (χ4n) is 2.78. The Hall–Kier alpha value is -2.22. The van der Waals surface area contributed by atoms with Gasteiger partial charge >= 0.3 is 0 Å². The Labute approximate surface area is 178 Å². The van der Waals surface area contributed by atoms with E-state index in [2.05, 4.69) is 10.2 Å². The van der Waals surface area contributed by atoms with Crippen molar-refractivity contribution in [1.29, 1.82) is 0 Å². The van der Waals surface area contributed by atoms with E-state index in [-0.39, 0.29) is 17.6 Å². The summed E-state index contributed by atoms with van der Waals surface area (Å²) in [6, 6.07) is 13.0. The Balaban J connectivity index is 1.96. The van der Waals surface area contributed by atoms with Crippen molar-refractivity contribution in [2.24, 2.45) is 0 Å². The van der Waals surface area contributed by atoms with Crippen molar-refractivity contribution in [2.75, 3.05) is 14.1 Å². The summed E-state index contributed by atoms with van der Waals surface area (Å²) in [5, 5.41) is 9.38. The largest absolute Gasteiger partial charge is 0.300 e. The molecule has 8 heteroatoms. The number of halogens is 2. The van der Waals surface area contributed by atoms with Crippen LogP contribution in [0.4, 0.5) is 4.39 Å². The third-order valence-corrected chi connectivity index (χ3v) is 5.93. The van der Waals surface area contributed by atoms with Crippen LogP contribution in [0.25, 0.3) is 5.69 Å². The van der Waals surface area contributed by atoms with E-state index in [1.54, 1.807) is 36.4 Å². The van der Waals surface area contributed by atoms with Crippen LogP contribution in [0, 0.1) is 5.82 Å². The number of thioether (sulfide) groups is 1. The molecule has 2 aromatic carbocycles. The van der Waals surface area contributed by atoms with E-state index in [0.29, 0.717) is 21.6 Å². The van der Waals surface area contributed by atoms with E-state index in [0.717, 1.165) is 5.69 Å². The summed E-state index contributed by atoms with van der Waals surface area (Å²) in [7, 11) is 3.90. The maximum atomic E-state index is 13.4. The average Bonchev–Trinajstić information content (AvgIpc) is 3.10. The predicted octanol–water partition coefficient (Wildman–Crippen LogP) is 5.05. The van der Waals surface area contributed by atoms with E-state index in [1.807, 2.05) is 37.4 Å². The molecule has 0 fully saturated rings. The molecule has 0 aliphatic carbocycles. The Morgan fingerprint density at radius 2 is 1.83 bits per heavy atom. The summed E-state index contributed by atoms with van der Waals surface area (Å²) >= 11 is 7.33. The van der Waals surface area contributed by atoms with Crippen LogP contribution >= 0.6 is 23.4 Å². The number of aromatic nitrogens is 3. The highest BCUT2D eigenvalue weighted by molar-refractivity contribution is 8.00. The first kappa shape index (κ1) is 21.5. The van der Waals surface area contributed by atoms with Gasteiger partial charge in [-0.3, -0.25) is 14.3 Å². The quantitative estimate of drug-likeness (QED) is 0.386. The molecule has 3 rings (SSSR count). The Kier molecular flexibility index (Phi) is 6.72. The topological polar surface area (TPSA) is 51.0 Å². The molecule has 152 valence electrons. The van der Waals surface area contributed by atoms with Crippen LogP contribution in [-0.2, 0) is 0 Å². The molecule has 0 saturated carbocycles. The average molecular weight is 433 g/mol. The number of carbonyl (C=O) groups is 1. The van der Waals surface area contributed by atoms with Gasteiger partial charge in [-0.1, -0.05) is 35.5 Å². The van der Waals surface area contributed by atoms with Gasteiger partial charge < -0.3 is 0 Å². The van der Waals surface area contributed by atoms with E-state index in [1.165, 1.54) is 23.9 Å². The van der Waals surface area contributed by atoms with Gasteiger partial charge in [-0.05, 0) is 64.3 Å². The lowest BCUT2D eigenvalue weighted by molar-refractivity contribution is 0.0994. The van der Waals surface area contributed by atoms with Gasteiger partial charge in [0.25, 0.3) is 0 Å². The van der Waals surface area contributed by atoms with E-state index < -0.39 is 5.25 Å². The van der Waals surface area contributed by atoms with Crippen LogP contribution < -0.4 is 0 Å². The Morgan fingerprint density at radius 3 is 2.45 bits per heavy atom. The fraction of sp³-hybridized carbons (Fsp3) is 0.286. The van der Waals surface area contributed by atoms with Gasteiger partial charge in [0.15, 0.2) is 16.8 Å². The van der Waals surface area contributed by atoms with Crippen molar-refractivity contribution in [3.63, 3.8) is 0 Å². The van der Waals surface area contributed by atoms with E-state index in [4.69, 9.17) is 11.6 Å². The van der Waals surface area contributed by atoms with E-state index in [9.17, 15) is 9.18 Å². The van der Waals surface area contributed by atoms with Crippen LogP contribution in [0.15, 0.2) is 53.7 Å². The second kappa shape index (κ2) is 9.07. The molecule has 0 amide bonds. The molecule has 0 saturated heterocycles. The minimum absolute atomic E-state index is 0.0270. The number of ketones is 1. The molecule has 29 heavy (non-hydrogen) atoms. The molecule has 1 aromatic heterocycles. The van der Waals surface area contributed by atoms with Crippen molar-refractivity contribution in [3.05, 3.63) is 70.8 Å². The first-order valence-corrected chi connectivity index (χ1v) is 10.4. The van der Waals surface area contributed by atoms with Gasteiger partial charge in [0, 0.05) is 16.3 Å². The Morgan fingerprint density at radius 1 is 1.14 bits per heavy atom. The molecule has 3 aromatic rings. The van der Waals surface area contributed by atoms with Crippen LogP contribution in [0.1, 0.15) is 36.1 Å². The van der Waals surface area contributed by atoms with Crippen molar-refractivity contribution in [3.8, 4) is 5.69 Å². The first-order valence-electron chi connectivity index (χ1n) is 9.12. The van der Waals surface area contributed by atoms with Crippen LogP contribution in [0.2, 0.25) is 5.02 Å². The zero-order chi connectivity index (χ0) is 21.1. The Bertz CT molecular complexity index is 1010. The maximum Gasteiger partial charge on any atom is 0.196 e. The number of hydrogen-bond acceptors (Lipinski definition) is 5. The molecule has 0 aliphatic heterocycles. The zero-order valence-corrected chi connectivity index (χ0v) is 18.2. The first-order chi connectivity index (χ1) is 13.8. The second-order valence-electron chi connectivity index (χ2n) is 6.93. The SMILES string of the molecule is C[C@H](Sc1nnc([C@@H](C)N(C)C)n1-c1ccc(F)cc1)C(=O)c1cccc(Cl)c1. The predicted molar refractivity (Wildman–Crippen MR) is 115 cm³/mol. The lowest BCUT2D eigenvalue weighted by atomic mass is 10.1. The number of carbonyl (C=O) groups excluding carboxylic acids is 1. The summed E-state index contributed by atoms with van der Waals surface area (Å²) in [6.45, 7) is 3.84. The second-order valence-corrected chi connectivity index (χ2v) is 8.67. The van der Waals surface area contributed by atoms with Crippen LogP contribution in [0.5, 0.6) is 0 Å². The van der Waals surface area contributed by atoms with E-state index >= 15 is 0 Å².